The van der Waals surface area contributed by atoms with E-state index >= 15 is 0 Å². The molecule has 2 aromatic carbocycles. The molecule has 1 aliphatic rings. The molecule has 0 aliphatic carbocycles. The Morgan fingerprint density at radius 1 is 0.958 bits per heavy atom. The maximum absolute atomic E-state index is 13.6. The lowest BCUT2D eigenvalue weighted by atomic mass is 10.1. The fraction of sp³-hybridized carbons (Fsp3) is 0.278. The predicted molar refractivity (Wildman–Crippen MR) is 90.5 cm³/mol. The van der Waals surface area contributed by atoms with E-state index in [1.54, 1.807) is 12.1 Å². The van der Waals surface area contributed by atoms with E-state index in [9.17, 15) is 13.6 Å². The molecule has 1 saturated heterocycles. The topological polar surface area (TPSA) is 35.6 Å². The number of likely N-dealkylation sites (N-methyl/N-ethyl adjacent to an activating group) is 1. The first kappa shape index (κ1) is 16.4. The van der Waals surface area contributed by atoms with Crippen molar-refractivity contribution in [1.29, 1.82) is 0 Å². The van der Waals surface area contributed by atoms with Gasteiger partial charge in [0.25, 0.3) is 5.91 Å². The number of anilines is 2. The van der Waals surface area contributed by atoms with Gasteiger partial charge in [0.1, 0.15) is 17.2 Å². The predicted octanol–water partition coefficient (Wildman–Crippen LogP) is 2.97. The first-order chi connectivity index (χ1) is 11.5. The van der Waals surface area contributed by atoms with Crippen LogP contribution in [0.5, 0.6) is 0 Å². The standard InChI is InChI=1S/C18H19F2N3O/c1-22-9-11-23(12-10-22)14-7-5-13(6-8-14)21-18(24)17-15(19)3-2-4-16(17)20/h2-8H,9-12H2,1H3,(H,21,24). The van der Waals surface area contributed by atoms with Crippen LogP contribution in [0.3, 0.4) is 0 Å². The van der Waals surface area contributed by atoms with Crippen LogP contribution in [0.1, 0.15) is 10.4 Å². The molecule has 0 radical (unpaired) electrons. The molecule has 3 rings (SSSR count). The van der Waals surface area contributed by atoms with Crippen molar-refractivity contribution in [2.75, 3.05) is 43.4 Å². The van der Waals surface area contributed by atoms with Gasteiger partial charge in [-0.25, -0.2) is 8.78 Å². The van der Waals surface area contributed by atoms with Crippen LogP contribution >= 0.6 is 0 Å². The van der Waals surface area contributed by atoms with Gasteiger partial charge in [0.05, 0.1) is 0 Å². The van der Waals surface area contributed by atoms with Crippen molar-refractivity contribution in [3.63, 3.8) is 0 Å². The summed E-state index contributed by atoms with van der Waals surface area (Å²) in [5.74, 6) is -2.54. The summed E-state index contributed by atoms with van der Waals surface area (Å²) in [5.41, 5.74) is 0.999. The van der Waals surface area contributed by atoms with Gasteiger partial charge in [-0.2, -0.15) is 0 Å². The number of hydrogen-bond acceptors (Lipinski definition) is 3. The van der Waals surface area contributed by atoms with E-state index in [0.717, 1.165) is 44.0 Å². The summed E-state index contributed by atoms with van der Waals surface area (Å²) >= 11 is 0. The SMILES string of the molecule is CN1CCN(c2ccc(NC(=O)c3c(F)cccc3F)cc2)CC1. The second kappa shape index (κ2) is 6.97. The zero-order valence-electron chi connectivity index (χ0n) is 13.4. The van der Waals surface area contributed by atoms with E-state index in [-0.39, 0.29) is 0 Å². The number of hydrogen-bond donors (Lipinski definition) is 1. The van der Waals surface area contributed by atoms with E-state index < -0.39 is 23.1 Å². The van der Waals surface area contributed by atoms with Gasteiger partial charge >= 0.3 is 0 Å². The van der Waals surface area contributed by atoms with Crippen molar-refractivity contribution in [1.82, 2.24) is 4.90 Å². The van der Waals surface area contributed by atoms with Crippen molar-refractivity contribution in [2.45, 2.75) is 0 Å². The Labute approximate surface area is 139 Å². The molecule has 6 heteroatoms. The number of carbonyl (C=O) groups excluding carboxylic acids is 1. The molecule has 0 atom stereocenters. The highest BCUT2D eigenvalue weighted by molar-refractivity contribution is 6.04. The lowest BCUT2D eigenvalue weighted by Crippen LogP contribution is -2.44. The number of rotatable bonds is 3. The van der Waals surface area contributed by atoms with Crippen molar-refractivity contribution < 1.29 is 13.6 Å². The van der Waals surface area contributed by atoms with Crippen molar-refractivity contribution in [2.24, 2.45) is 0 Å². The zero-order valence-corrected chi connectivity index (χ0v) is 13.4. The number of piperazine rings is 1. The Bertz CT molecular complexity index is 705. The minimum absolute atomic E-state index is 0.500. The van der Waals surface area contributed by atoms with Crippen LogP contribution in [0.4, 0.5) is 20.2 Å². The average Bonchev–Trinajstić information content (AvgIpc) is 2.56. The molecule has 1 heterocycles. The Morgan fingerprint density at radius 2 is 1.54 bits per heavy atom. The number of nitrogens with one attached hydrogen (secondary N) is 1. The van der Waals surface area contributed by atoms with E-state index in [2.05, 4.69) is 22.2 Å². The quantitative estimate of drug-likeness (QED) is 0.939. The van der Waals surface area contributed by atoms with Crippen LogP contribution in [0.15, 0.2) is 42.5 Å². The molecule has 1 fully saturated rings. The number of benzene rings is 2. The molecule has 0 unspecified atom stereocenters. The lowest BCUT2D eigenvalue weighted by molar-refractivity contribution is 0.101. The summed E-state index contributed by atoms with van der Waals surface area (Å²) in [7, 11) is 2.10. The zero-order chi connectivity index (χ0) is 17.1. The van der Waals surface area contributed by atoms with Gasteiger partial charge < -0.3 is 15.1 Å². The molecule has 4 nitrogen and oxygen atoms in total. The second-order valence-electron chi connectivity index (χ2n) is 5.89. The van der Waals surface area contributed by atoms with Gasteiger partial charge in [-0.3, -0.25) is 4.79 Å². The highest BCUT2D eigenvalue weighted by Crippen LogP contribution is 2.20. The van der Waals surface area contributed by atoms with Crippen LogP contribution in [0.2, 0.25) is 0 Å². The summed E-state index contributed by atoms with van der Waals surface area (Å²) in [4.78, 5) is 16.6. The first-order valence-corrected chi connectivity index (χ1v) is 7.83. The van der Waals surface area contributed by atoms with Gasteiger partial charge in [0, 0.05) is 37.6 Å². The molecule has 0 bridgehead atoms. The minimum atomic E-state index is -0.874. The van der Waals surface area contributed by atoms with Gasteiger partial charge in [-0.1, -0.05) is 6.07 Å². The monoisotopic (exact) mass is 331 g/mol. The average molecular weight is 331 g/mol. The molecular formula is C18H19F2N3O. The van der Waals surface area contributed by atoms with Gasteiger partial charge in [0.15, 0.2) is 0 Å². The van der Waals surface area contributed by atoms with Crippen LogP contribution in [-0.2, 0) is 0 Å². The molecule has 1 N–H and O–H groups in total. The Hall–Kier alpha value is -2.47. The highest BCUT2D eigenvalue weighted by atomic mass is 19.1. The molecule has 1 aliphatic heterocycles. The molecule has 24 heavy (non-hydrogen) atoms. The Balaban J connectivity index is 1.69. The van der Waals surface area contributed by atoms with Crippen LogP contribution < -0.4 is 10.2 Å². The fourth-order valence-electron chi connectivity index (χ4n) is 2.73. The van der Waals surface area contributed by atoms with E-state index in [4.69, 9.17) is 0 Å². The maximum Gasteiger partial charge on any atom is 0.261 e. The number of amides is 1. The molecule has 126 valence electrons. The van der Waals surface area contributed by atoms with Crippen LogP contribution in [0.25, 0.3) is 0 Å². The number of carbonyl (C=O) groups is 1. The smallest absolute Gasteiger partial charge is 0.261 e. The van der Waals surface area contributed by atoms with E-state index in [1.165, 1.54) is 6.07 Å². The molecule has 0 aromatic heterocycles. The van der Waals surface area contributed by atoms with Gasteiger partial charge in [0.2, 0.25) is 0 Å². The lowest BCUT2D eigenvalue weighted by Gasteiger charge is -2.34. The van der Waals surface area contributed by atoms with Crippen LogP contribution in [0, 0.1) is 11.6 Å². The summed E-state index contributed by atoms with van der Waals surface area (Å²) in [6.07, 6.45) is 0. The molecule has 0 saturated carbocycles. The summed E-state index contributed by atoms with van der Waals surface area (Å²) in [6.45, 7) is 3.90. The normalized spacial score (nSPS) is 15.4. The third kappa shape index (κ3) is 3.54. The van der Waals surface area contributed by atoms with Crippen molar-refractivity contribution in [3.05, 3.63) is 59.7 Å². The third-order valence-electron chi connectivity index (χ3n) is 4.18. The second-order valence-corrected chi connectivity index (χ2v) is 5.89. The van der Waals surface area contributed by atoms with E-state index in [0.29, 0.717) is 5.69 Å². The first-order valence-electron chi connectivity index (χ1n) is 7.83. The third-order valence-corrected chi connectivity index (χ3v) is 4.18. The fourth-order valence-corrected chi connectivity index (χ4v) is 2.73. The van der Waals surface area contributed by atoms with Crippen LogP contribution in [-0.4, -0.2) is 44.0 Å². The van der Waals surface area contributed by atoms with Crippen molar-refractivity contribution >= 4 is 17.3 Å². The maximum atomic E-state index is 13.6. The van der Waals surface area contributed by atoms with E-state index in [1.807, 2.05) is 12.1 Å². The molecule has 1 amide bonds. The largest absolute Gasteiger partial charge is 0.369 e. The minimum Gasteiger partial charge on any atom is -0.369 e. The molecule has 0 spiro atoms. The number of nitrogens with zero attached hydrogens (tertiary/aromatic N) is 2. The Morgan fingerprint density at radius 3 is 2.12 bits per heavy atom. The van der Waals surface area contributed by atoms with Crippen molar-refractivity contribution in [3.8, 4) is 0 Å². The van der Waals surface area contributed by atoms with Gasteiger partial charge in [-0.05, 0) is 43.4 Å². The molecular weight excluding hydrogens is 312 g/mol. The van der Waals surface area contributed by atoms with Gasteiger partial charge in [-0.15, -0.1) is 0 Å². The summed E-state index contributed by atoms with van der Waals surface area (Å²) in [6, 6.07) is 10.6. The Kier molecular flexibility index (Phi) is 4.76. The molecule has 2 aromatic rings. The number of halogens is 2. The summed E-state index contributed by atoms with van der Waals surface area (Å²) in [5, 5.41) is 2.53. The summed E-state index contributed by atoms with van der Waals surface area (Å²) < 4.78 is 27.3. The highest BCUT2D eigenvalue weighted by Gasteiger charge is 2.18.